The largest absolute Gasteiger partial charge is 0.493 e. The van der Waals surface area contributed by atoms with E-state index in [2.05, 4.69) is 25.0 Å². The van der Waals surface area contributed by atoms with Crippen molar-refractivity contribution in [2.45, 2.75) is 0 Å². The second kappa shape index (κ2) is 6.36. The van der Waals surface area contributed by atoms with Crippen molar-refractivity contribution >= 4 is 11.5 Å². The maximum absolute atomic E-state index is 5.53. The van der Waals surface area contributed by atoms with E-state index >= 15 is 0 Å². The molecule has 1 aliphatic rings. The van der Waals surface area contributed by atoms with E-state index in [0.717, 1.165) is 27.9 Å². The Morgan fingerprint density at radius 3 is 2.70 bits per heavy atom. The van der Waals surface area contributed by atoms with E-state index in [1.54, 1.807) is 7.11 Å². The summed E-state index contributed by atoms with van der Waals surface area (Å²) in [5.41, 5.74) is 4.74. The SMILES string of the molecule is COc1cc(-c2nscc2-c2ccc(-c3nn[nH]n3)cc2)cc2c1OCO2. The second-order valence-electron chi connectivity index (χ2n) is 5.80. The van der Waals surface area contributed by atoms with Gasteiger partial charge >= 0.3 is 0 Å². The third kappa shape index (κ3) is 2.68. The molecule has 2 aromatic carbocycles. The summed E-state index contributed by atoms with van der Waals surface area (Å²) >= 11 is 1.40. The molecular weight excluding hydrogens is 366 g/mol. The van der Waals surface area contributed by atoms with E-state index in [9.17, 15) is 0 Å². The fourth-order valence-electron chi connectivity index (χ4n) is 3.00. The van der Waals surface area contributed by atoms with Crippen LogP contribution in [0, 0.1) is 0 Å². The van der Waals surface area contributed by atoms with Crippen LogP contribution in [-0.4, -0.2) is 38.9 Å². The lowest BCUT2D eigenvalue weighted by Gasteiger charge is -2.09. The molecule has 0 aliphatic carbocycles. The van der Waals surface area contributed by atoms with Gasteiger partial charge in [-0.25, -0.2) is 0 Å². The van der Waals surface area contributed by atoms with Crippen LogP contribution >= 0.6 is 11.5 Å². The minimum absolute atomic E-state index is 0.191. The zero-order valence-corrected chi connectivity index (χ0v) is 15.0. The zero-order valence-electron chi connectivity index (χ0n) is 14.2. The van der Waals surface area contributed by atoms with Crippen molar-refractivity contribution in [3.63, 3.8) is 0 Å². The Morgan fingerprint density at radius 1 is 1.07 bits per heavy atom. The monoisotopic (exact) mass is 379 g/mol. The van der Waals surface area contributed by atoms with E-state index < -0.39 is 0 Å². The normalized spacial score (nSPS) is 12.3. The first-order valence-corrected chi connectivity index (χ1v) is 8.94. The van der Waals surface area contributed by atoms with E-state index in [0.29, 0.717) is 23.1 Å². The fraction of sp³-hybridized carbons (Fsp3) is 0.111. The molecule has 0 radical (unpaired) electrons. The predicted molar refractivity (Wildman–Crippen MR) is 98.8 cm³/mol. The average molecular weight is 379 g/mol. The number of hydrogen-bond acceptors (Lipinski definition) is 8. The highest BCUT2D eigenvalue weighted by molar-refractivity contribution is 7.04. The zero-order chi connectivity index (χ0) is 18.2. The lowest BCUT2D eigenvalue weighted by Crippen LogP contribution is -1.93. The maximum atomic E-state index is 5.53. The number of fused-ring (bicyclic) bond motifs is 1. The Hall–Kier alpha value is -3.46. The summed E-state index contributed by atoms with van der Waals surface area (Å²) < 4.78 is 21.0. The van der Waals surface area contributed by atoms with Gasteiger partial charge in [0.05, 0.1) is 12.8 Å². The van der Waals surface area contributed by atoms with Crippen molar-refractivity contribution in [3.8, 4) is 51.0 Å². The number of ether oxygens (including phenoxy) is 3. The Labute approximate surface area is 157 Å². The molecule has 3 heterocycles. The number of benzene rings is 2. The van der Waals surface area contributed by atoms with Crippen LogP contribution in [0.1, 0.15) is 0 Å². The molecule has 0 spiro atoms. The quantitative estimate of drug-likeness (QED) is 0.581. The molecule has 9 heteroatoms. The molecule has 0 unspecified atom stereocenters. The van der Waals surface area contributed by atoms with Crippen LogP contribution in [0.2, 0.25) is 0 Å². The van der Waals surface area contributed by atoms with Crippen molar-refractivity contribution in [3.05, 3.63) is 41.8 Å². The van der Waals surface area contributed by atoms with E-state index in [-0.39, 0.29) is 6.79 Å². The Bertz CT molecular complexity index is 1090. The summed E-state index contributed by atoms with van der Waals surface area (Å²) in [6.07, 6.45) is 0. The van der Waals surface area contributed by atoms with Gasteiger partial charge in [0.15, 0.2) is 11.5 Å². The van der Waals surface area contributed by atoms with Crippen molar-refractivity contribution in [1.82, 2.24) is 25.0 Å². The van der Waals surface area contributed by atoms with Crippen LogP contribution in [-0.2, 0) is 0 Å². The summed E-state index contributed by atoms with van der Waals surface area (Å²) in [4.78, 5) is 0. The fourth-order valence-corrected chi connectivity index (χ4v) is 3.71. The second-order valence-corrected chi connectivity index (χ2v) is 6.43. The summed E-state index contributed by atoms with van der Waals surface area (Å²) in [5.74, 6) is 2.48. The van der Waals surface area contributed by atoms with Crippen LogP contribution in [0.25, 0.3) is 33.8 Å². The molecule has 8 nitrogen and oxygen atoms in total. The molecule has 0 saturated heterocycles. The summed E-state index contributed by atoms with van der Waals surface area (Å²) in [6, 6.07) is 11.8. The summed E-state index contributed by atoms with van der Waals surface area (Å²) in [6.45, 7) is 0.191. The topological polar surface area (TPSA) is 95.0 Å². The third-order valence-corrected chi connectivity index (χ3v) is 4.93. The Morgan fingerprint density at radius 2 is 1.93 bits per heavy atom. The highest BCUT2D eigenvalue weighted by Gasteiger charge is 2.22. The van der Waals surface area contributed by atoms with Gasteiger partial charge in [0.1, 0.15) is 0 Å². The highest BCUT2D eigenvalue weighted by Crippen LogP contribution is 2.45. The van der Waals surface area contributed by atoms with Crippen molar-refractivity contribution in [1.29, 1.82) is 0 Å². The van der Waals surface area contributed by atoms with E-state index in [1.807, 2.05) is 41.8 Å². The number of tetrazole rings is 1. The van der Waals surface area contributed by atoms with Crippen LogP contribution in [0.15, 0.2) is 41.8 Å². The number of methoxy groups -OCH3 is 1. The van der Waals surface area contributed by atoms with Gasteiger partial charge < -0.3 is 14.2 Å². The van der Waals surface area contributed by atoms with Gasteiger partial charge in [-0.1, -0.05) is 24.3 Å². The first kappa shape index (κ1) is 15.8. The molecule has 4 aromatic rings. The first-order valence-electron chi connectivity index (χ1n) is 8.10. The molecule has 0 amide bonds. The Kier molecular flexibility index (Phi) is 3.72. The van der Waals surface area contributed by atoms with Gasteiger partial charge in [-0.3, -0.25) is 0 Å². The van der Waals surface area contributed by atoms with Crippen molar-refractivity contribution in [2.75, 3.05) is 13.9 Å². The molecule has 0 saturated carbocycles. The molecule has 27 heavy (non-hydrogen) atoms. The predicted octanol–water partition coefficient (Wildman–Crippen LogP) is 3.39. The molecular formula is C18H13N5O3S. The first-order chi connectivity index (χ1) is 13.3. The van der Waals surface area contributed by atoms with E-state index in [1.165, 1.54) is 11.5 Å². The van der Waals surface area contributed by atoms with Crippen molar-refractivity contribution < 1.29 is 14.2 Å². The Balaban J connectivity index is 1.55. The number of nitrogens with zero attached hydrogens (tertiary/aromatic N) is 4. The third-order valence-electron chi connectivity index (χ3n) is 4.30. The standard InChI is InChI=1S/C18H13N5O3S/c1-24-14-6-12(7-15-17(14)26-9-25-15)16-13(8-27-21-16)10-2-4-11(5-3-10)18-19-22-23-20-18/h2-8H,9H2,1H3,(H,19,20,22,23). The van der Waals surface area contributed by atoms with Crippen molar-refractivity contribution in [2.24, 2.45) is 0 Å². The van der Waals surface area contributed by atoms with Gasteiger partial charge in [0.2, 0.25) is 18.4 Å². The van der Waals surface area contributed by atoms with Crippen LogP contribution < -0.4 is 14.2 Å². The summed E-state index contributed by atoms with van der Waals surface area (Å²) in [5, 5.41) is 16.1. The smallest absolute Gasteiger partial charge is 0.231 e. The minimum Gasteiger partial charge on any atom is -0.493 e. The van der Waals surface area contributed by atoms with Crippen LogP contribution in [0.3, 0.4) is 0 Å². The number of H-pyrrole nitrogens is 1. The highest BCUT2D eigenvalue weighted by atomic mass is 32.1. The molecule has 2 aromatic heterocycles. The molecule has 1 N–H and O–H groups in total. The van der Waals surface area contributed by atoms with Gasteiger partial charge in [-0.2, -0.15) is 9.59 Å². The number of aromatic nitrogens is 5. The number of rotatable bonds is 4. The lowest BCUT2D eigenvalue weighted by molar-refractivity contribution is 0.171. The van der Waals surface area contributed by atoms with Gasteiger partial charge in [-0.15, -0.1) is 10.2 Å². The maximum Gasteiger partial charge on any atom is 0.231 e. The number of aromatic amines is 1. The summed E-state index contributed by atoms with van der Waals surface area (Å²) in [7, 11) is 1.61. The lowest BCUT2D eigenvalue weighted by atomic mass is 10.00. The molecule has 134 valence electrons. The van der Waals surface area contributed by atoms with Crippen LogP contribution in [0.4, 0.5) is 0 Å². The molecule has 0 fully saturated rings. The van der Waals surface area contributed by atoms with Gasteiger partial charge in [0, 0.05) is 22.1 Å². The van der Waals surface area contributed by atoms with Crippen LogP contribution in [0.5, 0.6) is 17.2 Å². The number of nitrogens with one attached hydrogen (secondary N) is 1. The molecule has 1 aliphatic heterocycles. The molecule has 0 atom stereocenters. The van der Waals surface area contributed by atoms with E-state index in [4.69, 9.17) is 14.2 Å². The number of hydrogen-bond donors (Lipinski definition) is 1. The average Bonchev–Trinajstić information content (AvgIpc) is 3.48. The minimum atomic E-state index is 0.191. The van der Waals surface area contributed by atoms with Gasteiger partial charge in [-0.05, 0) is 34.4 Å². The molecule has 0 bridgehead atoms. The molecule has 5 rings (SSSR count). The van der Waals surface area contributed by atoms with Gasteiger partial charge in [0.25, 0.3) is 0 Å².